The summed E-state index contributed by atoms with van der Waals surface area (Å²) in [6.07, 6.45) is 0.843. The molecule has 3 aromatic heterocycles. The van der Waals surface area contributed by atoms with Crippen molar-refractivity contribution in [2.45, 2.75) is 24.8 Å². The molecule has 23 heavy (non-hydrogen) atoms. The third-order valence-electron chi connectivity index (χ3n) is 3.79. The van der Waals surface area contributed by atoms with E-state index in [4.69, 9.17) is 0 Å². The van der Waals surface area contributed by atoms with Crippen molar-refractivity contribution >= 4 is 44.0 Å². The molecule has 0 unspecified atom stereocenters. The van der Waals surface area contributed by atoms with Crippen LogP contribution in [0.2, 0.25) is 0 Å². The third kappa shape index (κ3) is 2.60. The van der Waals surface area contributed by atoms with Crippen molar-refractivity contribution < 1.29 is 8.42 Å². The highest BCUT2D eigenvalue weighted by Crippen LogP contribution is 2.44. The number of fused-ring (bicyclic) bond motifs is 1. The lowest BCUT2D eigenvalue weighted by molar-refractivity contribution is 0.425. The van der Waals surface area contributed by atoms with E-state index in [2.05, 4.69) is 23.6 Å². The predicted molar refractivity (Wildman–Crippen MR) is 98.8 cm³/mol. The van der Waals surface area contributed by atoms with Gasteiger partial charge in [-0.25, -0.2) is 8.42 Å². The zero-order valence-corrected chi connectivity index (χ0v) is 15.7. The minimum Gasteiger partial charge on any atom is -0.207 e. The summed E-state index contributed by atoms with van der Waals surface area (Å²) >= 11 is 5.06. The molecule has 1 aliphatic heterocycles. The van der Waals surface area contributed by atoms with Crippen molar-refractivity contribution in [3.05, 3.63) is 40.6 Å². The smallest absolute Gasteiger partial charge is 0.207 e. The van der Waals surface area contributed by atoms with E-state index in [1.165, 1.54) is 9.75 Å². The number of hydrogen-bond donors (Lipinski definition) is 0. The normalized spacial score (nSPS) is 16.7. The zero-order chi connectivity index (χ0) is 16.0. The molecule has 3 nitrogen and oxygen atoms in total. The van der Waals surface area contributed by atoms with Crippen LogP contribution in [0.15, 0.2) is 40.6 Å². The maximum absolute atomic E-state index is 12.5. The quantitative estimate of drug-likeness (QED) is 0.629. The second-order valence-electron chi connectivity index (χ2n) is 5.38. The minimum atomic E-state index is -3.28. The van der Waals surface area contributed by atoms with E-state index in [1.807, 2.05) is 19.1 Å². The van der Waals surface area contributed by atoms with Gasteiger partial charge in [0, 0.05) is 37.5 Å². The standard InChI is InChI=1S/C16H15NO2S4/c1-2-7-17-10-15-16(23(17,18)19)9-14(22-15)13-6-5-12(21-13)11-4-3-8-20-11/h3-6,8-9H,2,7,10H2,1H3. The molecule has 0 saturated carbocycles. The van der Waals surface area contributed by atoms with Gasteiger partial charge in [0.25, 0.3) is 0 Å². The Morgan fingerprint density at radius 3 is 2.52 bits per heavy atom. The van der Waals surface area contributed by atoms with Gasteiger partial charge in [-0.2, -0.15) is 4.31 Å². The molecule has 0 aromatic carbocycles. The van der Waals surface area contributed by atoms with Crippen molar-refractivity contribution in [3.8, 4) is 19.5 Å². The van der Waals surface area contributed by atoms with Gasteiger partial charge in [-0.1, -0.05) is 13.0 Å². The Hall–Kier alpha value is -0.990. The highest BCUT2D eigenvalue weighted by molar-refractivity contribution is 7.89. The van der Waals surface area contributed by atoms with Gasteiger partial charge in [0.2, 0.25) is 10.0 Å². The molecule has 0 bridgehead atoms. The van der Waals surface area contributed by atoms with E-state index in [9.17, 15) is 8.42 Å². The molecule has 0 spiro atoms. The summed E-state index contributed by atoms with van der Waals surface area (Å²) in [6.45, 7) is 3.13. The summed E-state index contributed by atoms with van der Waals surface area (Å²) in [5, 5.41) is 2.07. The van der Waals surface area contributed by atoms with Crippen LogP contribution in [0.5, 0.6) is 0 Å². The lowest BCUT2D eigenvalue weighted by atomic mass is 10.3. The van der Waals surface area contributed by atoms with E-state index < -0.39 is 10.0 Å². The topological polar surface area (TPSA) is 37.4 Å². The first kappa shape index (κ1) is 15.5. The average molecular weight is 382 g/mol. The van der Waals surface area contributed by atoms with Crippen LogP contribution in [0, 0.1) is 0 Å². The monoisotopic (exact) mass is 381 g/mol. The summed E-state index contributed by atoms with van der Waals surface area (Å²) in [6, 6.07) is 10.2. The third-order valence-corrected chi connectivity index (χ3v) is 9.30. The first-order chi connectivity index (χ1) is 11.1. The van der Waals surface area contributed by atoms with Crippen LogP contribution >= 0.6 is 34.0 Å². The van der Waals surface area contributed by atoms with Crippen LogP contribution < -0.4 is 0 Å². The molecule has 0 saturated heterocycles. The van der Waals surface area contributed by atoms with E-state index in [0.717, 1.165) is 21.1 Å². The molecule has 120 valence electrons. The number of rotatable bonds is 4. The number of thiophene rings is 3. The molecule has 0 amide bonds. The highest BCUT2D eigenvalue weighted by Gasteiger charge is 2.36. The summed E-state index contributed by atoms with van der Waals surface area (Å²) in [5.41, 5.74) is 0. The van der Waals surface area contributed by atoms with Gasteiger partial charge < -0.3 is 0 Å². The van der Waals surface area contributed by atoms with Gasteiger partial charge in [0.05, 0.1) is 4.90 Å². The fraction of sp³-hybridized carbons (Fsp3) is 0.250. The Labute approximate surface area is 147 Å². The van der Waals surface area contributed by atoms with Crippen LogP contribution in [-0.4, -0.2) is 19.3 Å². The molecule has 0 radical (unpaired) electrons. The Bertz CT molecular complexity index is 935. The molecule has 1 aliphatic rings. The number of nitrogens with zero attached hydrogens (tertiary/aromatic N) is 1. The maximum atomic E-state index is 12.5. The fourth-order valence-corrected chi connectivity index (χ4v) is 7.93. The largest absolute Gasteiger partial charge is 0.244 e. The van der Waals surface area contributed by atoms with Crippen LogP contribution in [0.25, 0.3) is 19.5 Å². The van der Waals surface area contributed by atoms with Crippen LogP contribution in [-0.2, 0) is 16.6 Å². The number of hydrogen-bond acceptors (Lipinski definition) is 5. The fourth-order valence-electron chi connectivity index (χ4n) is 2.72. The molecule has 0 fully saturated rings. The molecule has 0 aliphatic carbocycles. The lowest BCUT2D eigenvalue weighted by Gasteiger charge is -2.12. The number of sulfonamides is 1. The van der Waals surface area contributed by atoms with E-state index in [-0.39, 0.29) is 0 Å². The highest BCUT2D eigenvalue weighted by atomic mass is 32.2. The van der Waals surface area contributed by atoms with Crippen molar-refractivity contribution in [3.63, 3.8) is 0 Å². The molecule has 7 heteroatoms. The maximum Gasteiger partial charge on any atom is 0.244 e. The van der Waals surface area contributed by atoms with E-state index in [0.29, 0.717) is 18.0 Å². The van der Waals surface area contributed by atoms with E-state index >= 15 is 0 Å². The van der Waals surface area contributed by atoms with Crippen molar-refractivity contribution in [1.82, 2.24) is 4.31 Å². The van der Waals surface area contributed by atoms with Crippen molar-refractivity contribution in [2.75, 3.05) is 6.54 Å². The SMILES string of the molecule is CCCN1Cc2sc(-c3ccc(-c4cccs4)s3)cc2S1(=O)=O. The molecule has 4 rings (SSSR count). The molecule has 0 N–H and O–H groups in total. The first-order valence-electron chi connectivity index (χ1n) is 7.36. The van der Waals surface area contributed by atoms with Crippen LogP contribution in [0.1, 0.15) is 18.2 Å². The molecular weight excluding hydrogens is 366 g/mol. The Morgan fingerprint density at radius 1 is 1.09 bits per heavy atom. The summed E-state index contributed by atoms with van der Waals surface area (Å²) < 4.78 is 26.7. The Balaban J connectivity index is 1.68. The molecule has 3 aromatic rings. The van der Waals surface area contributed by atoms with Gasteiger partial charge in [-0.15, -0.1) is 34.0 Å². The first-order valence-corrected chi connectivity index (χ1v) is 11.3. The zero-order valence-electron chi connectivity index (χ0n) is 12.5. The van der Waals surface area contributed by atoms with Gasteiger partial charge >= 0.3 is 0 Å². The van der Waals surface area contributed by atoms with Gasteiger partial charge in [-0.3, -0.25) is 0 Å². The van der Waals surface area contributed by atoms with Crippen LogP contribution in [0.3, 0.4) is 0 Å². The van der Waals surface area contributed by atoms with Crippen molar-refractivity contribution in [2.24, 2.45) is 0 Å². The van der Waals surface area contributed by atoms with Crippen molar-refractivity contribution in [1.29, 1.82) is 0 Å². The van der Waals surface area contributed by atoms with Gasteiger partial charge in [-0.05, 0) is 36.1 Å². The van der Waals surface area contributed by atoms with Gasteiger partial charge in [0.1, 0.15) is 0 Å². The molecular formula is C16H15NO2S4. The Kier molecular flexibility index (Phi) is 3.93. The minimum absolute atomic E-state index is 0.511. The summed E-state index contributed by atoms with van der Waals surface area (Å²) in [4.78, 5) is 6.18. The lowest BCUT2D eigenvalue weighted by Crippen LogP contribution is -2.25. The Morgan fingerprint density at radius 2 is 1.87 bits per heavy atom. The van der Waals surface area contributed by atoms with Crippen LogP contribution in [0.4, 0.5) is 0 Å². The van der Waals surface area contributed by atoms with E-state index in [1.54, 1.807) is 38.3 Å². The average Bonchev–Trinajstić information content (AvgIpc) is 3.26. The summed E-state index contributed by atoms with van der Waals surface area (Å²) in [5.74, 6) is 0. The summed E-state index contributed by atoms with van der Waals surface area (Å²) in [7, 11) is -3.28. The molecule has 4 heterocycles. The second-order valence-corrected chi connectivity index (χ2v) is 10.5. The van der Waals surface area contributed by atoms with Gasteiger partial charge in [0.15, 0.2) is 0 Å². The second kappa shape index (κ2) is 5.82. The molecule has 0 atom stereocenters. The predicted octanol–water partition coefficient (Wildman–Crippen LogP) is 5.12.